The van der Waals surface area contributed by atoms with Crippen LogP contribution in [0, 0.1) is 11.3 Å². The quantitative estimate of drug-likeness (QED) is 0.489. The summed E-state index contributed by atoms with van der Waals surface area (Å²) in [7, 11) is -4.44. The van der Waals surface area contributed by atoms with Gasteiger partial charge in [0.05, 0.1) is 6.42 Å². The molecule has 1 aromatic rings. The fourth-order valence-corrected chi connectivity index (χ4v) is 2.87. The van der Waals surface area contributed by atoms with Gasteiger partial charge in [0, 0.05) is 0 Å². The van der Waals surface area contributed by atoms with E-state index in [-0.39, 0.29) is 23.5 Å². The summed E-state index contributed by atoms with van der Waals surface area (Å²) in [6.45, 7) is 8.16. The minimum atomic E-state index is -4.44. The molecule has 0 saturated carbocycles. The van der Waals surface area contributed by atoms with Crippen molar-refractivity contribution in [1.82, 2.24) is 0 Å². The van der Waals surface area contributed by atoms with Gasteiger partial charge in [-0.15, -0.1) is 0 Å². The van der Waals surface area contributed by atoms with E-state index < -0.39 is 21.0 Å². The Bertz CT molecular complexity index is 615. The van der Waals surface area contributed by atoms with Crippen LogP contribution < -0.4 is 4.89 Å². The highest BCUT2D eigenvalue weighted by atomic mass is 32.2. The van der Waals surface area contributed by atoms with Crippen molar-refractivity contribution >= 4 is 16.1 Å². The van der Waals surface area contributed by atoms with Crippen molar-refractivity contribution in [2.45, 2.75) is 45.4 Å². The molecule has 0 aliphatic heterocycles. The maximum Gasteiger partial charge on any atom is 0.355 e. The van der Waals surface area contributed by atoms with Crippen LogP contribution in [-0.2, 0) is 19.8 Å². The molecule has 7 heteroatoms. The van der Waals surface area contributed by atoms with Crippen LogP contribution in [0.25, 0.3) is 0 Å². The van der Waals surface area contributed by atoms with Crippen molar-refractivity contribution in [3.8, 4) is 5.75 Å². The second kappa shape index (κ2) is 7.11. The number of carbonyl (C=O) groups excluding carboxylic acids is 1. The Morgan fingerprint density at radius 1 is 1.27 bits per heavy atom. The second-order valence-electron chi connectivity index (χ2n) is 6.53. The SMILES string of the molecule is CC(CC(=O)OOc1ccccc1S(=O)(=O)O)CC(C)(C)C. The molecule has 1 rings (SSSR count). The van der Waals surface area contributed by atoms with E-state index >= 15 is 0 Å². The first kappa shape index (κ1) is 18.4. The molecule has 22 heavy (non-hydrogen) atoms. The molecule has 1 atom stereocenters. The van der Waals surface area contributed by atoms with E-state index in [0.29, 0.717) is 0 Å². The van der Waals surface area contributed by atoms with Crippen molar-refractivity contribution < 1.29 is 27.5 Å². The summed E-state index contributed by atoms with van der Waals surface area (Å²) >= 11 is 0. The highest BCUT2D eigenvalue weighted by Gasteiger charge is 2.21. The van der Waals surface area contributed by atoms with Gasteiger partial charge in [-0.25, -0.2) is 4.79 Å². The zero-order valence-electron chi connectivity index (χ0n) is 13.2. The van der Waals surface area contributed by atoms with Gasteiger partial charge in [0.2, 0.25) is 0 Å². The molecule has 0 spiro atoms. The first-order valence-electron chi connectivity index (χ1n) is 6.93. The molecule has 0 saturated heterocycles. The summed E-state index contributed by atoms with van der Waals surface area (Å²) in [5, 5.41) is 0. The lowest BCUT2D eigenvalue weighted by Gasteiger charge is -2.22. The molecule has 1 aromatic carbocycles. The topological polar surface area (TPSA) is 89.9 Å². The number of rotatable bonds is 6. The van der Waals surface area contributed by atoms with Crippen molar-refractivity contribution in [1.29, 1.82) is 0 Å². The van der Waals surface area contributed by atoms with Gasteiger partial charge in [-0.2, -0.15) is 8.42 Å². The summed E-state index contributed by atoms with van der Waals surface area (Å²) in [5.41, 5.74) is 0.0954. The Hall–Kier alpha value is -1.60. The molecule has 0 aliphatic rings. The predicted octanol–water partition coefficient (Wildman–Crippen LogP) is 3.23. The van der Waals surface area contributed by atoms with E-state index in [1.807, 2.05) is 6.92 Å². The average Bonchev–Trinajstić information content (AvgIpc) is 2.33. The number of hydrogen-bond acceptors (Lipinski definition) is 5. The molecule has 124 valence electrons. The molecule has 0 fully saturated rings. The molecule has 1 N–H and O–H groups in total. The zero-order chi connectivity index (χ0) is 17.0. The highest BCUT2D eigenvalue weighted by Crippen LogP contribution is 2.27. The number of benzene rings is 1. The first-order chi connectivity index (χ1) is 9.99. The van der Waals surface area contributed by atoms with Crippen LogP contribution in [0.1, 0.15) is 40.5 Å². The van der Waals surface area contributed by atoms with Gasteiger partial charge in [0.15, 0.2) is 5.75 Å². The molecule has 0 aliphatic carbocycles. The fraction of sp³-hybridized carbons (Fsp3) is 0.533. The Morgan fingerprint density at radius 2 is 1.86 bits per heavy atom. The molecule has 1 unspecified atom stereocenters. The molecule has 0 amide bonds. The smallest absolute Gasteiger partial charge is 0.285 e. The van der Waals surface area contributed by atoms with Crippen molar-refractivity contribution in [2.75, 3.05) is 0 Å². The molecular weight excluding hydrogens is 308 g/mol. The van der Waals surface area contributed by atoms with E-state index in [1.165, 1.54) is 18.2 Å². The summed E-state index contributed by atoms with van der Waals surface area (Å²) < 4.78 is 31.4. The zero-order valence-corrected chi connectivity index (χ0v) is 14.0. The number of carbonyl (C=O) groups is 1. The van der Waals surface area contributed by atoms with Gasteiger partial charge in [-0.05, 0) is 29.9 Å². The third-order valence-corrected chi connectivity index (χ3v) is 3.72. The standard InChI is InChI=1S/C15H22O6S/c1-11(10-15(2,3)4)9-14(16)21-20-12-7-5-6-8-13(12)22(17,18)19/h5-8,11H,9-10H2,1-4H3,(H,17,18,19). The number of para-hydroxylation sites is 1. The van der Waals surface area contributed by atoms with Crippen LogP contribution in [-0.4, -0.2) is 18.9 Å². The van der Waals surface area contributed by atoms with Crippen LogP contribution in [0.2, 0.25) is 0 Å². The molecule has 6 nitrogen and oxygen atoms in total. The van der Waals surface area contributed by atoms with Crippen molar-refractivity contribution in [3.05, 3.63) is 24.3 Å². The van der Waals surface area contributed by atoms with Gasteiger partial charge in [0.1, 0.15) is 4.90 Å². The molecule has 0 bridgehead atoms. The Labute approximate surface area is 131 Å². The van der Waals surface area contributed by atoms with Crippen molar-refractivity contribution in [2.24, 2.45) is 11.3 Å². The monoisotopic (exact) mass is 330 g/mol. The largest absolute Gasteiger partial charge is 0.355 e. The van der Waals surface area contributed by atoms with Crippen LogP contribution in [0.15, 0.2) is 29.2 Å². The van der Waals surface area contributed by atoms with Crippen LogP contribution in [0.3, 0.4) is 0 Å². The number of hydrogen-bond donors (Lipinski definition) is 1. The summed E-state index contributed by atoms with van der Waals surface area (Å²) in [6.07, 6.45) is 0.995. The normalized spacial score (nSPS) is 13.5. The van der Waals surface area contributed by atoms with Gasteiger partial charge < -0.3 is 0 Å². The Morgan fingerprint density at radius 3 is 2.41 bits per heavy atom. The minimum absolute atomic E-state index is 0.0954. The average molecular weight is 330 g/mol. The van der Waals surface area contributed by atoms with E-state index in [2.05, 4.69) is 25.7 Å². The maximum atomic E-state index is 11.7. The van der Waals surface area contributed by atoms with E-state index in [1.54, 1.807) is 0 Å². The van der Waals surface area contributed by atoms with E-state index in [9.17, 15) is 13.2 Å². The van der Waals surface area contributed by atoms with Gasteiger partial charge in [0.25, 0.3) is 10.1 Å². The van der Waals surface area contributed by atoms with E-state index in [4.69, 9.17) is 9.44 Å². The van der Waals surface area contributed by atoms with Crippen molar-refractivity contribution in [3.63, 3.8) is 0 Å². The van der Waals surface area contributed by atoms with Crippen LogP contribution >= 0.6 is 0 Å². The highest BCUT2D eigenvalue weighted by molar-refractivity contribution is 7.86. The van der Waals surface area contributed by atoms with Gasteiger partial charge in [-0.3, -0.25) is 14.3 Å². The first-order valence-corrected chi connectivity index (χ1v) is 8.37. The molecule has 0 aromatic heterocycles. The Kier molecular flexibility index (Phi) is 5.96. The third kappa shape index (κ3) is 6.44. The molecule has 0 heterocycles. The van der Waals surface area contributed by atoms with Gasteiger partial charge >= 0.3 is 5.97 Å². The van der Waals surface area contributed by atoms with Crippen LogP contribution in [0.4, 0.5) is 0 Å². The lowest BCUT2D eigenvalue weighted by molar-refractivity contribution is -0.215. The second-order valence-corrected chi connectivity index (χ2v) is 7.92. The minimum Gasteiger partial charge on any atom is -0.285 e. The van der Waals surface area contributed by atoms with Gasteiger partial charge in [-0.1, -0.05) is 39.8 Å². The Balaban J connectivity index is 2.62. The lowest BCUT2D eigenvalue weighted by atomic mass is 9.84. The van der Waals surface area contributed by atoms with E-state index in [0.717, 1.165) is 12.5 Å². The summed E-state index contributed by atoms with van der Waals surface area (Å²) in [4.78, 5) is 20.7. The third-order valence-electron chi connectivity index (χ3n) is 2.83. The summed E-state index contributed by atoms with van der Waals surface area (Å²) in [6, 6.07) is 5.36. The summed E-state index contributed by atoms with van der Waals surface area (Å²) in [5.74, 6) is -0.725. The maximum absolute atomic E-state index is 11.7. The fourth-order valence-electron chi connectivity index (χ4n) is 2.26. The lowest BCUT2D eigenvalue weighted by Crippen LogP contribution is -2.17. The van der Waals surface area contributed by atoms with Crippen LogP contribution in [0.5, 0.6) is 5.75 Å². The molecule has 0 radical (unpaired) electrons. The molecular formula is C15H22O6S. The predicted molar refractivity (Wildman–Crippen MR) is 80.8 cm³/mol.